The molecule has 0 atom stereocenters. The van der Waals surface area contributed by atoms with Gasteiger partial charge in [0, 0.05) is 5.02 Å². The molecule has 0 aliphatic heterocycles. The maximum Gasteiger partial charge on any atom is 0.0534 e. The number of nitrogen functional groups attached to an aromatic ring is 1. The van der Waals surface area contributed by atoms with E-state index in [-0.39, 0.29) is 0 Å². The number of benzene rings is 1. The van der Waals surface area contributed by atoms with Gasteiger partial charge in [-0.3, -0.25) is 5.84 Å². The summed E-state index contributed by atoms with van der Waals surface area (Å²) in [6.07, 6.45) is 0. The Labute approximate surface area is 77.7 Å². The van der Waals surface area contributed by atoms with Crippen LogP contribution in [0, 0.1) is 0 Å². The van der Waals surface area contributed by atoms with Crippen molar-refractivity contribution in [1.29, 1.82) is 0 Å². The molecule has 0 saturated heterocycles. The Balaban J connectivity index is 3.11. The van der Waals surface area contributed by atoms with E-state index in [0.717, 1.165) is 5.69 Å². The van der Waals surface area contributed by atoms with E-state index in [4.69, 9.17) is 17.4 Å². The standard InChI is InChI=1S/C9H13ClN2/c1-6(2)8-4-3-7(10)5-9(8)12-11/h3-6,12H,11H2,1-2H3. The van der Waals surface area contributed by atoms with Crippen molar-refractivity contribution >= 4 is 17.3 Å². The van der Waals surface area contributed by atoms with Gasteiger partial charge in [-0.15, -0.1) is 0 Å². The molecule has 0 heterocycles. The summed E-state index contributed by atoms with van der Waals surface area (Å²) < 4.78 is 0. The number of hydrogen-bond acceptors (Lipinski definition) is 2. The molecular formula is C9H13ClN2. The maximum absolute atomic E-state index is 5.80. The first-order valence-electron chi connectivity index (χ1n) is 3.91. The van der Waals surface area contributed by atoms with Gasteiger partial charge in [-0.25, -0.2) is 0 Å². The molecule has 1 aromatic rings. The van der Waals surface area contributed by atoms with Gasteiger partial charge < -0.3 is 5.43 Å². The van der Waals surface area contributed by atoms with Gasteiger partial charge in [-0.05, 0) is 23.6 Å². The highest BCUT2D eigenvalue weighted by Crippen LogP contribution is 2.26. The monoisotopic (exact) mass is 184 g/mol. The number of nitrogens with two attached hydrogens (primary N) is 1. The highest BCUT2D eigenvalue weighted by Gasteiger charge is 2.05. The van der Waals surface area contributed by atoms with Gasteiger partial charge in [-0.2, -0.15) is 0 Å². The van der Waals surface area contributed by atoms with E-state index in [2.05, 4.69) is 19.3 Å². The number of hydrazine groups is 1. The molecule has 3 heteroatoms. The first kappa shape index (κ1) is 9.36. The zero-order valence-electron chi connectivity index (χ0n) is 7.26. The molecule has 0 aliphatic carbocycles. The van der Waals surface area contributed by atoms with Gasteiger partial charge in [0.1, 0.15) is 0 Å². The van der Waals surface area contributed by atoms with Crippen LogP contribution >= 0.6 is 11.6 Å². The van der Waals surface area contributed by atoms with Crippen molar-refractivity contribution in [2.75, 3.05) is 5.43 Å². The lowest BCUT2D eigenvalue weighted by molar-refractivity contribution is 0.867. The molecule has 0 amide bonds. The molecule has 0 radical (unpaired) electrons. The third-order valence-corrected chi connectivity index (χ3v) is 2.03. The fourth-order valence-corrected chi connectivity index (χ4v) is 1.33. The average molecular weight is 185 g/mol. The number of anilines is 1. The van der Waals surface area contributed by atoms with Crippen molar-refractivity contribution in [3.05, 3.63) is 28.8 Å². The van der Waals surface area contributed by atoms with Crippen LogP contribution in [0.25, 0.3) is 0 Å². The summed E-state index contributed by atoms with van der Waals surface area (Å²) in [6.45, 7) is 4.23. The highest BCUT2D eigenvalue weighted by molar-refractivity contribution is 6.30. The largest absolute Gasteiger partial charge is 0.324 e. The molecule has 66 valence electrons. The minimum Gasteiger partial charge on any atom is -0.324 e. The minimum absolute atomic E-state index is 0.452. The predicted octanol–water partition coefficient (Wildman–Crippen LogP) is 2.75. The van der Waals surface area contributed by atoms with Crippen molar-refractivity contribution in [2.24, 2.45) is 5.84 Å². The van der Waals surface area contributed by atoms with Crippen LogP contribution in [0.15, 0.2) is 18.2 Å². The quantitative estimate of drug-likeness (QED) is 0.548. The van der Waals surface area contributed by atoms with Gasteiger partial charge in [-0.1, -0.05) is 31.5 Å². The molecule has 0 spiro atoms. The molecule has 0 bridgehead atoms. The number of rotatable bonds is 2. The first-order chi connectivity index (χ1) is 5.65. The lowest BCUT2D eigenvalue weighted by Gasteiger charge is -2.11. The zero-order chi connectivity index (χ0) is 9.14. The molecule has 3 N–H and O–H groups in total. The molecule has 0 unspecified atom stereocenters. The Bertz CT molecular complexity index is 271. The van der Waals surface area contributed by atoms with Crippen molar-refractivity contribution < 1.29 is 0 Å². The van der Waals surface area contributed by atoms with Gasteiger partial charge >= 0.3 is 0 Å². The third-order valence-electron chi connectivity index (χ3n) is 1.79. The number of halogens is 1. The van der Waals surface area contributed by atoms with E-state index < -0.39 is 0 Å². The molecule has 12 heavy (non-hydrogen) atoms. The lowest BCUT2D eigenvalue weighted by atomic mass is 10.0. The molecule has 0 fully saturated rings. The molecule has 2 nitrogen and oxygen atoms in total. The Kier molecular flexibility index (Phi) is 2.95. The van der Waals surface area contributed by atoms with Crippen LogP contribution in [0.4, 0.5) is 5.69 Å². The summed E-state index contributed by atoms with van der Waals surface area (Å²) in [5.41, 5.74) is 4.72. The van der Waals surface area contributed by atoms with Crippen molar-refractivity contribution in [1.82, 2.24) is 0 Å². The summed E-state index contributed by atoms with van der Waals surface area (Å²) in [5, 5.41) is 0.701. The highest BCUT2D eigenvalue weighted by atomic mass is 35.5. The third kappa shape index (κ3) is 1.90. The summed E-state index contributed by atoms with van der Waals surface area (Å²) in [7, 11) is 0. The molecule has 0 aromatic heterocycles. The van der Waals surface area contributed by atoms with Gasteiger partial charge in [0.25, 0.3) is 0 Å². The number of hydrogen-bond donors (Lipinski definition) is 2. The van der Waals surface area contributed by atoms with E-state index in [9.17, 15) is 0 Å². The SMILES string of the molecule is CC(C)c1ccc(Cl)cc1NN. The smallest absolute Gasteiger partial charge is 0.0534 e. The van der Waals surface area contributed by atoms with E-state index in [1.54, 1.807) is 0 Å². The van der Waals surface area contributed by atoms with E-state index in [1.807, 2.05) is 18.2 Å². The summed E-state index contributed by atoms with van der Waals surface area (Å²) >= 11 is 5.80. The molecule has 1 aromatic carbocycles. The molecular weight excluding hydrogens is 172 g/mol. The van der Waals surface area contributed by atoms with Gasteiger partial charge in [0.15, 0.2) is 0 Å². The summed E-state index contributed by atoms with van der Waals surface area (Å²) in [5.74, 6) is 5.80. The Hall–Kier alpha value is -0.730. The van der Waals surface area contributed by atoms with Crippen LogP contribution in [0.1, 0.15) is 25.3 Å². The second kappa shape index (κ2) is 3.78. The normalized spacial score (nSPS) is 10.4. The van der Waals surface area contributed by atoms with Crippen LogP contribution in [0.2, 0.25) is 5.02 Å². The molecule has 0 aliphatic rings. The topological polar surface area (TPSA) is 38.0 Å². The van der Waals surface area contributed by atoms with Gasteiger partial charge in [0.05, 0.1) is 5.69 Å². The van der Waals surface area contributed by atoms with Crippen LogP contribution in [-0.4, -0.2) is 0 Å². The van der Waals surface area contributed by atoms with Gasteiger partial charge in [0.2, 0.25) is 0 Å². The number of nitrogens with one attached hydrogen (secondary N) is 1. The molecule has 0 saturated carbocycles. The average Bonchev–Trinajstić information content (AvgIpc) is 2.03. The van der Waals surface area contributed by atoms with Crippen LogP contribution in [0.5, 0.6) is 0 Å². The van der Waals surface area contributed by atoms with E-state index >= 15 is 0 Å². The first-order valence-corrected chi connectivity index (χ1v) is 4.29. The fourth-order valence-electron chi connectivity index (χ4n) is 1.16. The predicted molar refractivity (Wildman–Crippen MR) is 53.4 cm³/mol. The molecule has 1 rings (SSSR count). The van der Waals surface area contributed by atoms with E-state index in [0.29, 0.717) is 10.9 Å². The van der Waals surface area contributed by atoms with Crippen LogP contribution in [0.3, 0.4) is 0 Å². The maximum atomic E-state index is 5.80. The van der Waals surface area contributed by atoms with Crippen LogP contribution in [-0.2, 0) is 0 Å². The summed E-state index contributed by atoms with van der Waals surface area (Å²) in [6, 6.07) is 5.69. The van der Waals surface area contributed by atoms with Crippen molar-refractivity contribution in [3.8, 4) is 0 Å². The Morgan fingerprint density at radius 1 is 1.42 bits per heavy atom. The lowest BCUT2D eigenvalue weighted by Crippen LogP contribution is -2.09. The Morgan fingerprint density at radius 3 is 2.58 bits per heavy atom. The zero-order valence-corrected chi connectivity index (χ0v) is 8.02. The minimum atomic E-state index is 0.452. The fraction of sp³-hybridized carbons (Fsp3) is 0.333. The van der Waals surface area contributed by atoms with Crippen molar-refractivity contribution in [3.63, 3.8) is 0 Å². The Morgan fingerprint density at radius 2 is 2.08 bits per heavy atom. The van der Waals surface area contributed by atoms with Crippen LogP contribution < -0.4 is 11.3 Å². The summed E-state index contributed by atoms with van der Waals surface area (Å²) in [4.78, 5) is 0. The van der Waals surface area contributed by atoms with Crippen molar-refractivity contribution in [2.45, 2.75) is 19.8 Å². The van der Waals surface area contributed by atoms with E-state index in [1.165, 1.54) is 5.56 Å². The second-order valence-electron chi connectivity index (χ2n) is 3.03. The second-order valence-corrected chi connectivity index (χ2v) is 3.47.